The average Bonchev–Trinajstić information content (AvgIpc) is 3.65. The summed E-state index contributed by atoms with van der Waals surface area (Å²) < 4.78 is 60.5. The number of rotatable bonds is 10. The molecule has 13 heteroatoms. The molecule has 0 aliphatic carbocycles. The largest absolute Gasteiger partial charge is 0.492 e. The number of carbonyl (C=O) groups excluding carboxylic acids is 3. The van der Waals surface area contributed by atoms with Crippen molar-refractivity contribution in [3.8, 4) is 11.5 Å². The van der Waals surface area contributed by atoms with Crippen LogP contribution in [0.15, 0.2) is 103 Å². The van der Waals surface area contributed by atoms with Crippen LogP contribution in [-0.4, -0.2) is 86.0 Å². The molecule has 10 nitrogen and oxygen atoms in total. The van der Waals surface area contributed by atoms with Crippen molar-refractivity contribution in [2.75, 3.05) is 62.2 Å². The smallest absolute Gasteiger partial charge is 0.255 e. The normalized spacial score (nSPS) is 22.8. The second-order valence-corrected chi connectivity index (χ2v) is 19.6. The lowest BCUT2D eigenvalue weighted by atomic mass is 9.71. The van der Waals surface area contributed by atoms with Gasteiger partial charge in [-0.05, 0) is 116 Å². The molecule has 346 valence electrons. The number of hydrogen-bond acceptors (Lipinski definition) is 8. The number of hydrogen-bond donors (Lipinski definition) is 1. The predicted octanol–water partition coefficient (Wildman–Crippen LogP) is 8.57. The van der Waals surface area contributed by atoms with E-state index in [0.717, 1.165) is 80.8 Å². The van der Waals surface area contributed by atoms with Gasteiger partial charge < -0.3 is 29.1 Å². The maximum absolute atomic E-state index is 16.4. The Hall–Kier alpha value is -6.34. The van der Waals surface area contributed by atoms with Crippen LogP contribution >= 0.6 is 0 Å². The van der Waals surface area contributed by atoms with Crippen LogP contribution in [0.25, 0.3) is 0 Å². The summed E-state index contributed by atoms with van der Waals surface area (Å²) in [5.41, 5.74) is 5.52. The third-order valence-corrected chi connectivity index (χ3v) is 15.4. The molecule has 0 radical (unpaired) electrons. The molecule has 1 spiro atoms. The lowest BCUT2D eigenvalue weighted by Gasteiger charge is -2.55. The van der Waals surface area contributed by atoms with Crippen molar-refractivity contribution in [3.63, 3.8) is 0 Å². The van der Waals surface area contributed by atoms with Gasteiger partial charge in [-0.3, -0.25) is 19.7 Å². The van der Waals surface area contributed by atoms with E-state index in [1.165, 1.54) is 18.2 Å². The first-order chi connectivity index (χ1) is 32.6. The van der Waals surface area contributed by atoms with E-state index in [1.54, 1.807) is 29.2 Å². The van der Waals surface area contributed by atoms with Crippen molar-refractivity contribution >= 4 is 29.1 Å². The van der Waals surface area contributed by atoms with E-state index in [1.807, 2.05) is 59.5 Å². The van der Waals surface area contributed by atoms with Gasteiger partial charge in [-0.15, -0.1) is 0 Å². The van der Waals surface area contributed by atoms with Crippen LogP contribution in [0.1, 0.15) is 88.5 Å². The zero-order valence-corrected chi connectivity index (χ0v) is 37.4. The molecule has 3 unspecified atom stereocenters. The lowest BCUT2D eigenvalue weighted by Crippen LogP contribution is -2.60. The Bertz CT molecular complexity index is 2690. The van der Waals surface area contributed by atoms with E-state index in [2.05, 4.69) is 21.2 Å². The Morgan fingerprint density at radius 3 is 2.24 bits per heavy atom. The summed E-state index contributed by atoms with van der Waals surface area (Å²) in [5.74, 6) is -1.96. The van der Waals surface area contributed by atoms with Crippen molar-refractivity contribution in [2.45, 2.75) is 69.6 Å². The Labute approximate surface area is 388 Å². The minimum absolute atomic E-state index is 0.00218. The number of anilines is 2. The molecule has 0 saturated carbocycles. The Balaban J connectivity index is 0.700. The predicted molar refractivity (Wildman–Crippen MR) is 248 cm³/mol. The molecule has 4 fully saturated rings. The Morgan fingerprint density at radius 1 is 0.746 bits per heavy atom. The quantitative estimate of drug-likeness (QED) is 0.140. The van der Waals surface area contributed by atoms with E-state index in [4.69, 9.17) is 9.47 Å². The Morgan fingerprint density at radius 2 is 1.49 bits per heavy atom. The third-order valence-electron chi connectivity index (χ3n) is 15.4. The molecule has 6 aliphatic heterocycles. The van der Waals surface area contributed by atoms with Crippen molar-refractivity contribution in [2.24, 2.45) is 11.3 Å². The van der Waals surface area contributed by atoms with Crippen molar-refractivity contribution in [1.29, 1.82) is 0 Å². The summed E-state index contributed by atoms with van der Waals surface area (Å²) in [7, 11) is 0. The van der Waals surface area contributed by atoms with Gasteiger partial charge >= 0.3 is 0 Å². The van der Waals surface area contributed by atoms with Gasteiger partial charge in [-0.2, -0.15) is 0 Å². The highest BCUT2D eigenvalue weighted by atomic mass is 19.1. The summed E-state index contributed by atoms with van der Waals surface area (Å²) in [4.78, 5) is 45.8. The molecule has 5 aromatic carbocycles. The third kappa shape index (κ3) is 8.40. The van der Waals surface area contributed by atoms with Gasteiger partial charge in [0.15, 0.2) is 0 Å². The number of halogens is 3. The standard InChI is InChI=1S/C54H54F3N5O5/c55-44-9-5-4-8-41(44)43-31-67-48-27-39(66-30-35-6-2-1-3-7-35)11-13-42(48)50(43)36-25-45(56)51(46(57)26-36)60-20-16-34(17-21-60)28-59-22-18-54(19-23-59)32-61(33-54)38-10-12-40-37(24-38)29-62(53(40)65)47-14-15-49(63)58-52(47)64/h1-13,24-27,34,43,47,50H,14-23,28-33H2,(H,58,63,64). The summed E-state index contributed by atoms with van der Waals surface area (Å²) in [6.45, 7) is 6.94. The van der Waals surface area contributed by atoms with Gasteiger partial charge in [0.05, 0.1) is 6.61 Å². The van der Waals surface area contributed by atoms with E-state index in [0.29, 0.717) is 66.8 Å². The highest BCUT2D eigenvalue weighted by Crippen LogP contribution is 2.49. The van der Waals surface area contributed by atoms with Gasteiger partial charge in [0.1, 0.15) is 47.3 Å². The lowest BCUT2D eigenvalue weighted by molar-refractivity contribution is -0.136. The second kappa shape index (κ2) is 17.7. The molecular weight excluding hydrogens is 856 g/mol. The van der Waals surface area contributed by atoms with E-state index in [9.17, 15) is 14.4 Å². The fraction of sp³-hybridized carbons (Fsp3) is 0.389. The van der Waals surface area contributed by atoms with Crippen molar-refractivity contribution < 1.29 is 37.0 Å². The number of nitrogens with zero attached hydrogens (tertiary/aromatic N) is 4. The monoisotopic (exact) mass is 909 g/mol. The molecule has 0 aromatic heterocycles. The number of carbonyl (C=O) groups is 3. The molecule has 3 amide bonds. The molecule has 0 bridgehead atoms. The first-order valence-electron chi connectivity index (χ1n) is 23.7. The first-order valence-corrected chi connectivity index (χ1v) is 23.7. The number of nitrogens with one attached hydrogen (secondary N) is 1. The molecule has 3 atom stereocenters. The van der Waals surface area contributed by atoms with Crippen LogP contribution in [0.2, 0.25) is 0 Å². The summed E-state index contributed by atoms with van der Waals surface area (Å²) in [5, 5.41) is 2.37. The number of fused-ring (bicyclic) bond motifs is 2. The van der Waals surface area contributed by atoms with Crippen LogP contribution in [-0.2, 0) is 22.7 Å². The fourth-order valence-corrected chi connectivity index (χ4v) is 11.7. The fourth-order valence-electron chi connectivity index (χ4n) is 11.7. The summed E-state index contributed by atoms with van der Waals surface area (Å²) >= 11 is 0. The molecule has 5 aromatic rings. The molecule has 67 heavy (non-hydrogen) atoms. The molecule has 6 aliphatic rings. The van der Waals surface area contributed by atoms with Gasteiger partial charge in [-0.1, -0.05) is 54.6 Å². The number of piperidine rings is 3. The number of imide groups is 1. The van der Waals surface area contributed by atoms with E-state index in [-0.39, 0.29) is 41.8 Å². The van der Waals surface area contributed by atoms with Gasteiger partial charge in [0.25, 0.3) is 5.91 Å². The molecule has 6 heterocycles. The zero-order valence-electron chi connectivity index (χ0n) is 37.4. The second-order valence-electron chi connectivity index (χ2n) is 19.6. The highest BCUT2D eigenvalue weighted by Gasteiger charge is 2.46. The molecule has 4 saturated heterocycles. The van der Waals surface area contributed by atoms with E-state index < -0.39 is 35.4 Å². The van der Waals surface area contributed by atoms with Gasteiger partial charge in [-0.25, -0.2) is 13.2 Å². The summed E-state index contributed by atoms with van der Waals surface area (Å²) in [6, 6.07) is 30.1. The number of ether oxygens (including phenoxy) is 2. The number of likely N-dealkylation sites (tertiary alicyclic amines) is 1. The van der Waals surface area contributed by atoms with Crippen LogP contribution < -0.4 is 24.6 Å². The number of benzene rings is 5. The Kier molecular flexibility index (Phi) is 11.4. The molecule has 11 rings (SSSR count). The molecule has 1 N–H and O–H groups in total. The van der Waals surface area contributed by atoms with Crippen molar-refractivity contribution in [1.82, 2.24) is 15.1 Å². The zero-order chi connectivity index (χ0) is 45.8. The van der Waals surface area contributed by atoms with Crippen LogP contribution in [0, 0.1) is 28.8 Å². The first kappa shape index (κ1) is 43.2. The maximum Gasteiger partial charge on any atom is 0.255 e. The maximum atomic E-state index is 16.4. The molecular formula is C54H54F3N5O5. The van der Waals surface area contributed by atoms with Crippen LogP contribution in [0.4, 0.5) is 24.5 Å². The van der Waals surface area contributed by atoms with Gasteiger partial charge in [0.2, 0.25) is 11.8 Å². The average molecular weight is 910 g/mol. The minimum Gasteiger partial charge on any atom is -0.492 e. The van der Waals surface area contributed by atoms with Crippen molar-refractivity contribution in [3.05, 3.63) is 154 Å². The summed E-state index contributed by atoms with van der Waals surface area (Å²) in [6.07, 6.45) is 4.48. The van der Waals surface area contributed by atoms with Crippen LogP contribution in [0.5, 0.6) is 11.5 Å². The SMILES string of the molecule is O=C1CCC(N2Cc3cc(N4CC5(CCN(CC6CCN(c7c(F)cc(C8c9ccc(OCc%10ccccc%10)cc9OCC8c8ccccc8F)cc7F)CC6)CC5)C4)ccc3C2=O)C(=O)N1. The van der Waals surface area contributed by atoms with E-state index >= 15 is 13.2 Å². The van der Waals surface area contributed by atoms with Crippen LogP contribution in [0.3, 0.4) is 0 Å². The minimum atomic E-state index is -0.622. The highest BCUT2D eigenvalue weighted by molar-refractivity contribution is 6.05. The van der Waals surface area contributed by atoms with Gasteiger partial charge in [0, 0.05) is 85.8 Å². The number of amides is 3. The topological polar surface area (TPSA) is 94.7 Å².